The third-order valence-corrected chi connectivity index (χ3v) is 4.93. The minimum Gasteiger partial charge on any atom is -0.367 e. The van der Waals surface area contributed by atoms with E-state index in [2.05, 4.69) is 27.9 Å². The number of benzene rings is 1. The summed E-state index contributed by atoms with van der Waals surface area (Å²) in [5.41, 5.74) is 4.18. The Morgan fingerprint density at radius 2 is 1.97 bits per heavy atom. The predicted molar refractivity (Wildman–Crippen MR) is 126 cm³/mol. The summed E-state index contributed by atoms with van der Waals surface area (Å²) in [5.74, 6) is -0.851. The van der Waals surface area contributed by atoms with Crippen LogP contribution in [0.1, 0.15) is 60.1 Å². The Morgan fingerprint density at radius 1 is 1.22 bits per heavy atom. The Bertz CT molecular complexity index is 976. The first-order valence-corrected chi connectivity index (χ1v) is 10.9. The van der Waals surface area contributed by atoms with E-state index in [1.54, 1.807) is 6.08 Å². The quantitative estimate of drug-likeness (QED) is 0.281. The number of hydrogen-bond donors (Lipinski definition) is 4. The van der Waals surface area contributed by atoms with E-state index < -0.39 is 5.82 Å². The Labute approximate surface area is 188 Å². The van der Waals surface area contributed by atoms with E-state index in [1.807, 2.05) is 27.7 Å². The molecule has 0 saturated carbocycles. The molecule has 0 atom stereocenters. The van der Waals surface area contributed by atoms with Crippen molar-refractivity contribution in [3.05, 3.63) is 52.1 Å². The highest BCUT2D eigenvalue weighted by atomic mass is 19.1. The number of aromatic nitrogens is 1. The van der Waals surface area contributed by atoms with Gasteiger partial charge in [0.25, 0.3) is 11.8 Å². The van der Waals surface area contributed by atoms with Crippen molar-refractivity contribution in [3.63, 3.8) is 0 Å². The van der Waals surface area contributed by atoms with Crippen molar-refractivity contribution >= 4 is 29.2 Å². The van der Waals surface area contributed by atoms with Crippen molar-refractivity contribution < 1.29 is 18.7 Å². The summed E-state index contributed by atoms with van der Waals surface area (Å²) in [6.45, 7) is 12.7. The van der Waals surface area contributed by atoms with Crippen molar-refractivity contribution in [3.8, 4) is 0 Å². The molecular weight excluding hydrogens is 411 g/mol. The summed E-state index contributed by atoms with van der Waals surface area (Å²) in [4.78, 5) is 27.5. The summed E-state index contributed by atoms with van der Waals surface area (Å²) in [7, 11) is 0. The number of aromatic amines is 1. The number of ether oxygens (including phenoxy) is 1. The lowest BCUT2D eigenvalue weighted by atomic mass is 10.0. The van der Waals surface area contributed by atoms with Gasteiger partial charge in [0.15, 0.2) is 0 Å². The highest BCUT2D eigenvalue weighted by Crippen LogP contribution is 2.34. The third kappa shape index (κ3) is 6.27. The fourth-order valence-corrected chi connectivity index (χ4v) is 3.38. The summed E-state index contributed by atoms with van der Waals surface area (Å²) in [6.07, 6.45) is 2.83. The minimum absolute atomic E-state index is 0.157. The van der Waals surface area contributed by atoms with Gasteiger partial charge in [-0.2, -0.15) is 0 Å². The fourth-order valence-electron chi connectivity index (χ4n) is 3.38. The zero-order valence-corrected chi connectivity index (χ0v) is 19.4. The second-order valence-electron chi connectivity index (χ2n) is 7.36. The van der Waals surface area contributed by atoms with E-state index in [1.165, 1.54) is 24.6 Å². The molecule has 174 valence electrons. The summed E-state index contributed by atoms with van der Waals surface area (Å²) >= 11 is 0. The molecular formula is C24H33FN4O3. The molecule has 0 radical (unpaired) electrons. The predicted octanol–water partition coefficient (Wildman–Crippen LogP) is 3.99. The van der Waals surface area contributed by atoms with Crippen LogP contribution < -0.4 is 16.0 Å². The van der Waals surface area contributed by atoms with E-state index in [0.717, 1.165) is 24.4 Å². The number of nitrogens with one attached hydrogen (secondary N) is 4. The van der Waals surface area contributed by atoms with Gasteiger partial charge in [-0.25, -0.2) is 4.39 Å². The molecule has 0 fully saturated rings. The van der Waals surface area contributed by atoms with Gasteiger partial charge < -0.3 is 20.4 Å². The molecule has 7 nitrogen and oxygen atoms in total. The van der Waals surface area contributed by atoms with Crippen LogP contribution in [0.3, 0.4) is 0 Å². The van der Waals surface area contributed by atoms with Gasteiger partial charge >= 0.3 is 0 Å². The molecule has 0 spiro atoms. The zero-order chi connectivity index (χ0) is 23.7. The standard InChI is InChI=1S/C18H18FN3O2.C6H15NO/c1-4-20-18(24)16-9(2)15(21-10(16)3)8-13-12-7-11(19)5-6-14(12)22-17(13)23;1-3-5-7-6-8-4-2/h5-8,21H,4H2,1-3H3,(H,20,24)(H,22,23);7H,3-6H2,1-2H3/b13-8-;. The number of amides is 2. The van der Waals surface area contributed by atoms with Crippen molar-refractivity contribution in [2.75, 3.05) is 31.7 Å². The zero-order valence-electron chi connectivity index (χ0n) is 19.4. The monoisotopic (exact) mass is 444 g/mol. The number of anilines is 1. The molecule has 4 N–H and O–H groups in total. The Balaban J connectivity index is 0.000000390. The topological polar surface area (TPSA) is 95.2 Å². The molecule has 0 bridgehead atoms. The van der Waals surface area contributed by atoms with Gasteiger partial charge in [0.1, 0.15) is 5.82 Å². The molecule has 0 unspecified atom stereocenters. The van der Waals surface area contributed by atoms with E-state index in [9.17, 15) is 14.0 Å². The van der Waals surface area contributed by atoms with Crippen LogP contribution in [-0.4, -0.2) is 43.2 Å². The van der Waals surface area contributed by atoms with Crippen LogP contribution in [0.25, 0.3) is 11.6 Å². The molecule has 1 aromatic heterocycles. The van der Waals surface area contributed by atoms with E-state index in [0.29, 0.717) is 41.4 Å². The Morgan fingerprint density at radius 3 is 2.62 bits per heavy atom. The molecule has 2 heterocycles. The van der Waals surface area contributed by atoms with Gasteiger partial charge in [0, 0.05) is 35.8 Å². The molecule has 3 rings (SSSR count). The lowest BCUT2D eigenvalue weighted by molar-refractivity contribution is -0.110. The molecule has 2 aromatic rings. The van der Waals surface area contributed by atoms with Gasteiger partial charge in [0.05, 0.1) is 17.9 Å². The smallest absolute Gasteiger partial charge is 0.256 e. The summed E-state index contributed by atoms with van der Waals surface area (Å²) in [6, 6.07) is 4.17. The number of aryl methyl sites for hydroxylation is 1. The number of fused-ring (bicyclic) bond motifs is 1. The number of carbonyl (C=O) groups excluding carboxylic acids is 2. The molecule has 0 saturated heterocycles. The van der Waals surface area contributed by atoms with Crippen molar-refractivity contribution in [1.82, 2.24) is 15.6 Å². The molecule has 1 aliphatic heterocycles. The molecule has 2 amide bonds. The lowest BCUT2D eigenvalue weighted by Crippen LogP contribution is -2.23. The third-order valence-electron chi connectivity index (χ3n) is 4.93. The van der Waals surface area contributed by atoms with Crippen molar-refractivity contribution in [2.45, 2.75) is 41.0 Å². The Hall–Kier alpha value is -2.97. The number of rotatable bonds is 8. The highest BCUT2D eigenvalue weighted by Gasteiger charge is 2.26. The maximum absolute atomic E-state index is 13.5. The molecule has 1 aromatic carbocycles. The fraction of sp³-hybridized carbons (Fsp3) is 0.417. The van der Waals surface area contributed by atoms with Crippen LogP contribution in [-0.2, 0) is 9.53 Å². The van der Waals surface area contributed by atoms with Crippen LogP contribution in [0, 0.1) is 19.7 Å². The lowest BCUT2D eigenvalue weighted by Gasteiger charge is -2.02. The number of hydrogen-bond acceptors (Lipinski definition) is 4. The first kappa shape index (κ1) is 25.3. The number of H-pyrrole nitrogens is 1. The molecule has 8 heteroatoms. The average molecular weight is 445 g/mol. The number of carbonyl (C=O) groups is 2. The molecule has 0 aliphatic carbocycles. The second-order valence-corrected chi connectivity index (χ2v) is 7.36. The largest absolute Gasteiger partial charge is 0.367 e. The van der Waals surface area contributed by atoms with Crippen molar-refractivity contribution in [1.29, 1.82) is 0 Å². The first-order chi connectivity index (χ1) is 15.3. The van der Waals surface area contributed by atoms with Gasteiger partial charge in [-0.3, -0.25) is 14.9 Å². The van der Waals surface area contributed by atoms with Crippen LogP contribution in [0.2, 0.25) is 0 Å². The van der Waals surface area contributed by atoms with Gasteiger partial charge in [-0.15, -0.1) is 0 Å². The maximum atomic E-state index is 13.5. The van der Waals surface area contributed by atoms with E-state index in [4.69, 9.17) is 4.74 Å². The van der Waals surface area contributed by atoms with Crippen LogP contribution in [0.15, 0.2) is 18.2 Å². The van der Waals surface area contributed by atoms with Gasteiger partial charge in [0.2, 0.25) is 0 Å². The summed E-state index contributed by atoms with van der Waals surface area (Å²) in [5, 5.41) is 8.60. The van der Waals surface area contributed by atoms with Gasteiger partial charge in [-0.05, 0) is 70.5 Å². The molecule has 1 aliphatic rings. The van der Waals surface area contributed by atoms with Crippen LogP contribution >= 0.6 is 0 Å². The highest BCUT2D eigenvalue weighted by molar-refractivity contribution is 6.34. The SMILES string of the molecule is CCCNCOCC.CCNC(=O)c1c(C)[nH]c(/C=C2\C(=O)Nc3ccc(F)cc32)c1C. The normalized spacial score (nSPS) is 13.4. The number of halogens is 1. The molecule has 32 heavy (non-hydrogen) atoms. The van der Waals surface area contributed by atoms with Crippen LogP contribution in [0.5, 0.6) is 0 Å². The van der Waals surface area contributed by atoms with Crippen LogP contribution in [0.4, 0.5) is 10.1 Å². The van der Waals surface area contributed by atoms with E-state index in [-0.39, 0.29) is 11.8 Å². The summed E-state index contributed by atoms with van der Waals surface area (Å²) < 4.78 is 18.5. The minimum atomic E-state index is -0.404. The average Bonchev–Trinajstić information content (AvgIpc) is 3.21. The van der Waals surface area contributed by atoms with E-state index >= 15 is 0 Å². The first-order valence-electron chi connectivity index (χ1n) is 10.9. The second kappa shape index (κ2) is 12.2. The van der Waals surface area contributed by atoms with Crippen molar-refractivity contribution in [2.24, 2.45) is 0 Å². The Kier molecular flexibility index (Phi) is 9.61. The van der Waals surface area contributed by atoms with Gasteiger partial charge in [-0.1, -0.05) is 6.92 Å². The maximum Gasteiger partial charge on any atom is 0.256 e.